The molecule has 25 heavy (non-hydrogen) atoms. The first-order valence-corrected chi connectivity index (χ1v) is 9.97. The first-order chi connectivity index (χ1) is 12.2. The van der Waals surface area contributed by atoms with Crippen LogP contribution in [0.15, 0.2) is 4.42 Å². The van der Waals surface area contributed by atoms with Crippen LogP contribution in [-0.4, -0.2) is 58.6 Å². The van der Waals surface area contributed by atoms with Crippen LogP contribution in [0.5, 0.6) is 0 Å². The van der Waals surface area contributed by atoms with Gasteiger partial charge in [-0.25, -0.2) is 0 Å². The molecule has 1 amide bonds. The molecule has 1 aromatic heterocycles. The van der Waals surface area contributed by atoms with E-state index in [-0.39, 0.29) is 11.3 Å². The third-order valence-corrected chi connectivity index (χ3v) is 7.10. The highest BCUT2D eigenvalue weighted by atomic mass is 16.4. The number of rotatable bonds is 5. The highest BCUT2D eigenvalue weighted by Gasteiger charge is 2.55. The minimum atomic E-state index is -0.0785. The van der Waals surface area contributed by atoms with Gasteiger partial charge in [-0.2, -0.15) is 0 Å². The number of amides is 1. The van der Waals surface area contributed by atoms with Crippen LogP contribution < -0.4 is 0 Å². The predicted octanol–water partition coefficient (Wildman–Crippen LogP) is 2.31. The van der Waals surface area contributed by atoms with E-state index in [0.29, 0.717) is 24.4 Å². The lowest BCUT2D eigenvalue weighted by atomic mass is 9.80. The number of hydrogen-bond acceptors (Lipinski definition) is 5. The molecule has 5 rings (SSSR count). The van der Waals surface area contributed by atoms with Crippen molar-refractivity contribution in [2.75, 3.05) is 26.7 Å². The maximum absolute atomic E-state index is 12.8. The lowest BCUT2D eigenvalue weighted by molar-refractivity contribution is -0.132. The van der Waals surface area contributed by atoms with Crippen molar-refractivity contribution in [1.82, 2.24) is 20.0 Å². The quantitative estimate of drug-likeness (QED) is 0.820. The number of carbonyl (C=O) groups is 1. The van der Waals surface area contributed by atoms with E-state index in [9.17, 15) is 4.79 Å². The smallest absolute Gasteiger partial charge is 0.236 e. The maximum Gasteiger partial charge on any atom is 0.236 e. The summed E-state index contributed by atoms with van der Waals surface area (Å²) in [5.41, 5.74) is -0.0785. The fourth-order valence-corrected chi connectivity index (χ4v) is 5.03. The first-order valence-electron chi connectivity index (χ1n) is 9.97. The SMILES string of the molecule is CN(CC(=O)N1C[C@@H]2CCC[C@]2(c2nnc(C3CC3)o2)C1)C1CCC1. The Bertz CT molecular complexity index is 666. The van der Waals surface area contributed by atoms with E-state index in [2.05, 4.69) is 27.0 Å². The van der Waals surface area contributed by atoms with Gasteiger partial charge in [0.15, 0.2) is 0 Å². The third kappa shape index (κ3) is 2.60. The van der Waals surface area contributed by atoms with E-state index < -0.39 is 0 Å². The summed E-state index contributed by atoms with van der Waals surface area (Å²) in [6.45, 7) is 2.17. The molecular weight excluding hydrogens is 316 g/mol. The molecule has 6 nitrogen and oxygen atoms in total. The molecule has 0 aromatic carbocycles. The molecule has 6 heteroatoms. The second kappa shape index (κ2) is 5.79. The van der Waals surface area contributed by atoms with Gasteiger partial charge in [0.05, 0.1) is 12.0 Å². The minimum Gasteiger partial charge on any atom is -0.424 e. The molecular formula is C19H28N4O2. The van der Waals surface area contributed by atoms with Gasteiger partial charge in [-0.3, -0.25) is 9.69 Å². The predicted molar refractivity (Wildman–Crippen MR) is 92.1 cm³/mol. The Hall–Kier alpha value is -1.43. The van der Waals surface area contributed by atoms with Crippen molar-refractivity contribution in [2.45, 2.75) is 68.7 Å². The van der Waals surface area contributed by atoms with Crippen molar-refractivity contribution < 1.29 is 9.21 Å². The minimum absolute atomic E-state index is 0.0785. The lowest BCUT2D eigenvalue weighted by Crippen LogP contribution is -2.45. The fraction of sp³-hybridized carbons (Fsp3) is 0.842. The molecule has 0 N–H and O–H groups in total. The standard InChI is InChI=1S/C19H28N4O2/c1-22(15-5-2-6-15)11-16(24)23-10-14-4-3-9-19(14,12-23)18-21-20-17(25-18)13-7-8-13/h13-15H,2-12H2,1H3/t14-,19-/m0/s1. The van der Waals surface area contributed by atoms with E-state index in [1.54, 1.807) is 0 Å². The van der Waals surface area contributed by atoms with Gasteiger partial charge in [-0.1, -0.05) is 12.8 Å². The van der Waals surface area contributed by atoms with E-state index in [0.717, 1.165) is 31.3 Å². The Balaban J connectivity index is 1.31. The Labute approximate surface area is 148 Å². The van der Waals surface area contributed by atoms with Crippen molar-refractivity contribution in [3.8, 4) is 0 Å². The van der Waals surface area contributed by atoms with Gasteiger partial charge in [0, 0.05) is 25.0 Å². The van der Waals surface area contributed by atoms with E-state index in [1.165, 1.54) is 44.9 Å². The second-order valence-electron chi connectivity index (χ2n) is 8.74. The molecule has 4 fully saturated rings. The van der Waals surface area contributed by atoms with Crippen molar-refractivity contribution in [3.05, 3.63) is 11.8 Å². The number of fused-ring (bicyclic) bond motifs is 1. The molecule has 0 unspecified atom stereocenters. The Morgan fingerprint density at radius 1 is 1.24 bits per heavy atom. The molecule has 1 aromatic rings. The Morgan fingerprint density at radius 3 is 2.80 bits per heavy atom. The number of likely N-dealkylation sites (tertiary alicyclic amines) is 1. The van der Waals surface area contributed by atoms with Gasteiger partial charge in [0.2, 0.25) is 17.7 Å². The zero-order valence-corrected chi connectivity index (χ0v) is 15.1. The summed E-state index contributed by atoms with van der Waals surface area (Å²) in [6.07, 6.45) is 9.58. The fourth-order valence-electron chi connectivity index (χ4n) is 5.03. The van der Waals surface area contributed by atoms with Gasteiger partial charge >= 0.3 is 0 Å². The summed E-state index contributed by atoms with van der Waals surface area (Å²) in [4.78, 5) is 17.2. The van der Waals surface area contributed by atoms with Crippen LogP contribution in [0, 0.1) is 5.92 Å². The van der Waals surface area contributed by atoms with E-state index in [1.807, 2.05) is 0 Å². The maximum atomic E-state index is 12.8. The summed E-state index contributed by atoms with van der Waals surface area (Å²) < 4.78 is 6.10. The topological polar surface area (TPSA) is 62.5 Å². The van der Waals surface area contributed by atoms with E-state index >= 15 is 0 Å². The summed E-state index contributed by atoms with van der Waals surface area (Å²) >= 11 is 0. The molecule has 0 radical (unpaired) electrons. The van der Waals surface area contributed by atoms with Crippen LogP contribution in [0.25, 0.3) is 0 Å². The summed E-state index contributed by atoms with van der Waals surface area (Å²) in [7, 11) is 2.09. The van der Waals surface area contributed by atoms with Crippen LogP contribution in [0.2, 0.25) is 0 Å². The molecule has 0 spiro atoms. The van der Waals surface area contributed by atoms with Crippen molar-refractivity contribution >= 4 is 5.91 Å². The number of hydrogen-bond donors (Lipinski definition) is 0. The van der Waals surface area contributed by atoms with Crippen molar-refractivity contribution in [1.29, 1.82) is 0 Å². The first kappa shape index (κ1) is 15.8. The van der Waals surface area contributed by atoms with Crippen LogP contribution >= 0.6 is 0 Å². The summed E-state index contributed by atoms with van der Waals surface area (Å²) in [5.74, 6) is 2.87. The highest BCUT2D eigenvalue weighted by Crippen LogP contribution is 2.51. The molecule has 2 heterocycles. The van der Waals surface area contributed by atoms with Crippen molar-refractivity contribution in [2.24, 2.45) is 5.92 Å². The number of likely N-dealkylation sites (N-methyl/N-ethyl adjacent to an activating group) is 1. The number of carbonyl (C=O) groups excluding carboxylic acids is 1. The van der Waals surface area contributed by atoms with Gasteiger partial charge < -0.3 is 9.32 Å². The van der Waals surface area contributed by atoms with Crippen LogP contribution in [-0.2, 0) is 10.2 Å². The average molecular weight is 344 g/mol. The Morgan fingerprint density at radius 2 is 2.08 bits per heavy atom. The van der Waals surface area contributed by atoms with Crippen molar-refractivity contribution in [3.63, 3.8) is 0 Å². The molecule has 2 atom stereocenters. The largest absolute Gasteiger partial charge is 0.424 e. The molecule has 1 aliphatic heterocycles. The number of nitrogens with zero attached hydrogens (tertiary/aromatic N) is 4. The highest BCUT2D eigenvalue weighted by molar-refractivity contribution is 5.79. The summed E-state index contributed by atoms with van der Waals surface area (Å²) in [6, 6.07) is 0.608. The van der Waals surface area contributed by atoms with Gasteiger partial charge in [0.25, 0.3) is 0 Å². The van der Waals surface area contributed by atoms with Crippen LogP contribution in [0.4, 0.5) is 0 Å². The van der Waals surface area contributed by atoms with Crippen LogP contribution in [0.1, 0.15) is 69.1 Å². The normalized spacial score (nSPS) is 32.2. The molecule has 1 saturated heterocycles. The Kier molecular flexibility index (Phi) is 3.66. The molecule has 3 aliphatic carbocycles. The zero-order chi connectivity index (χ0) is 17.0. The third-order valence-electron chi connectivity index (χ3n) is 7.10. The van der Waals surface area contributed by atoms with Gasteiger partial charge in [0.1, 0.15) is 0 Å². The zero-order valence-electron chi connectivity index (χ0n) is 15.1. The lowest BCUT2D eigenvalue weighted by Gasteiger charge is -2.35. The van der Waals surface area contributed by atoms with Gasteiger partial charge in [-0.15, -0.1) is 10.2 Å². The monoisotopic (exact) mass is 344 g/mol. The van der Waals surface area contributed by atoms with E-state index in [4.69, 9.17) is 4.42 Å². The molecule has 3 saturated carbocycles. The van der Waals surface area contributed by atoms with Gasteiger partial charge in [-0.05, 0) is 51.5 Å². The molecule has 4 aliphatic rings. The average Bonchev–Trinajstić information content (AvgIpc) is 2.96. The van der Waals surface area contributed by atoms with Crippen LogP contribution in [0.3, 0.4) is 0 Å². The number of aromatic nitrogens is 2. The molecule has 0 bridgehead atoms. The second-order valence-corrected chi connectivity index (χ2v) is 8.74. The molecule has 136 valence electrons. The summed E-state index contributed by atoms with van der Waals surface area (Å²) in [5, 5.41) is 8.74.